The molecule has 0 aliphatic heterocycles. The van der Waals surface area contributed by atoms with Crippen LogP contribution >= 0.6 is 0 Å². The van der Waals surface area contributed by atoms with E-state index in [1.54, 1.807) is 7.11 Å². The zero-order valence-corrected chi connectivity index (χ0v) is 10.7. The third-order valence-electron chi connectivity index (χ3n) is 2.96. The third-order valence-corrected chi connectivity index (χ3v) is 2.96. The second-order valence-electron chi connectivity index (χ2n) is 4.51. The van der Waals surface area contributed by atoms with Crippen LogP contribution in [0, 0.1) is 0 Å². The van der Waals surface area contributed by atoms with E-state index in [0.717, 1.165) is 19.4 Å². The summed E-state index contributed by atoms with van der Waals surface area (Å²) >= 11 is 0. The lowest BCUT2D eigenvalue weighted by atomic mass is 9.97. The minimum absolute atomic E-state index is 0.170. The van der Waals surface area contributed by atoms with E-state index in [2.05, 4.69) is 26.1 Å². The van der Waals surface area contributed by atoms with Crippen LogP contribution in [0.2, 0.25) is 0 Å². The highest BCUT2D eigenvalue weighted by molar-refractivity contribution is 4.84. The van der Waals surface area contributed by atoms with Crippen LogP contribution in [0.15, 0.2) is 0 Å². The molecule has 0 aliphatic rings. The van der Waals surface area contributed by atoms with Crippen LogP contribution < -0.4 is 5.32 Å². The van der Waals surface area contributed by atoms with Gasteiger partial charge >= 0.3 is 0 Å². The van der Waals surface area contributed by atoms with Gasteiger partial charge in [0.1, 0.15) is 0 Å². The minimum atomic E-state index is -0.170. The van der Waals surface area contributed by atoms with Gasteiger partial charge in [-0.1, -0.05) is 26.7 Å². The molecule has 0 saturated carbocycles. The highest BCUT2D eigenvalue weighted by Gasteiger charge is 2.24. The number of hydrogen-bond donors (Lipinski definition) is 2. The molecule has 2 unspecified atom stereocenters. The second kappa shape index (κ2) is 8.08. The van der Waals surface area contributed by atoms with Crippen molar-refractivity contribution in [2.75, 3.05) is 20.3 Å². The van der Waals surface area contributed by atoms with Gasteiger partial charge in [-0.05, 0) is 19.8 Å². The summed E-state index contributed by atoms with van der Waals surface area (Å²) in [6, 6.07) is 0.354. The van der Waals surface area contributed by atoms with Gasteiger partial charge < -0.3 is 15.2 Å². The molecule has 0 aromatic rings. The number of rotatable bonds is 9. The first kappa shape index (κ1) is 14.9. The minimum Gasteiger partial charge on any atom is -0.394 e. The van der Waals surface area contributed by atoms with Gasteiger partial charge in [0, 0.05) is 18.7 Å². The van der Waals surface area contributed by atoms with Crippen molar-refractivity contribution < 1.29 is 9.84 Å². The zero-order valence-electron chi connectivity index (χ0n) is 10.7. The standard InChI is InChI=1S/C12H27NO2/c1-5-7-8-11(9-15-4)13-12(3,6-2)10-14/h11,13-14H,5-10H2,1-4H3. The van der Waals surface area contributed by atoms with Gasteiger partial charge in [0.2, 0.25) is 0 Å². The predicted octanol–water partition coefficient (Wildman–Crippen LogP) is 1.94. The maximum Gasteiger partial charge on any atom is 0.0616 e. The van der Waals surface area contributed by atoms with Crippen LogP contribution in [-0.2, 0) is 4.74 Å². The number of hydrogen-bond acceptors (Lipinski definition) is 3. The Balaban J connectivity index is 4.11. The van der Waals surface area contributed by atoms with Crippen molar-refractivity contribution in [1.82, 2.24) is 5.32 Å². The van der Waals surface area contributed by atoms with E-state index in [9.17, 15) is 5.11 Å². The molecule has 3 heteroatoms. The van der Waals surface area contributed by atoms with Gasteiger partial charge in [-0.3, -0.25) is 0 Å². The van der Waals surface area contributed by atoms with E-state index in [-0.39, 0.29) is 12.1 Å². The van der Waals surface area contributed by atoms with E-state index >= 15 is 0 Å². The number of aliphatic hydroxyl groups is 1. The fourth-order valence-electron chi connectivity index (χ4n) is 1.60. The largest absolute Gasteiger partial charge is 0.394 e. The third kappa shape index (κ3) is 6.13. The molecule has 0 saturated heterocycles. The number of ether oxygens (including phenoxy) is 1. The zero-order chi connectivity index (χ0) is 11.7. The Bertz CT molecular complexity index is 147. The molecule has 0 bridgehead atoms. The second-order valence-corrected chi connectivity index (χ2v) is 4.51. The smallest absolute Gasteiger partial charge is 0.0616 e. The average molecular weight is 217 g/mol. The van der Waals surface area contributed by atoms with Gasteiger partial charge in [-0.2, -0.15) is 0 Å². The summed E-state index contributed by atoms with van der Waals surface area (Å²) in [6.07, 6.45) is 4.44. The van der Waals surface area contributed by atoms with Gasteiger partial charge in [-0.25, -0.2) is 0 Å². The van der Waals surface area contributed by atoms with Crippen molar-refractivity contribution in [1.29, 1.82) is 0 Å². The molecule has 0 spiro atoms. The summed E-state index contributed by atoms with van der Waals surface area (Å²) in [5, 5.41) is 12.8. The lowest BCUT2D eigenvalue weighted by molar-refractivity contribution is 0.110. The first-order valence-corrected chi connectivity index (χ1v) is 5.99. The van der Waals surface area contributed by atoms with E-state index < -0.39 is 0 Å². The first-order valence-electron chi connectivity index (χ1n) is 5.99. The van der Waals surface area contributed by atoms with Crippen LogP contribution in [0.3, 0.4) is 0 Å². The Morgan fingerprint density at radius 2 is 2.07 bits per heavy atom. The molecular weight excluding hydrogens is 190 g/mol. The lowest BCUT2D eigenvalue weighted by Crippen LogP contribution is -2.51. The topological polar surface area (TPSA) is 41.5 Å². The number of nitrogens with one attached hydrogen (secondary N) is 1. The molecule has 0 amide bonds. The van der Waals surface area contributed by atoms with Gasteiger partial charge in [-0.15, -0.1) is 0 Å². The Morgan fingerprint density at radius 1 is 1.40 bits per heavy atom. The van der Waals surface area contributed by atoms with Crippen LogP contribution in [0.25, 0.3) is 0 Å². The molecule has 2 atom stereocenters. The van der Waals surface area contributed by atoms with Gasteiger partial charge in [0.15, 0.2) is 0 Å². The van der Waals surface area contributed by atoms with E-state index in [1.165, 1.54) is 12.8 Å². The van der Waals surface area contributed by atoms with Gasteiger partial charge in [0.25, 0.3) is 0 Å². The summed E-state index contributed by atoms with van der Waals surface area (Å²) in [6.45, 7) is 7.23. The maximum absolute atomic E-state index is 9.32. The van der Waals surface area contributed by atoms with Crippen LogP contribution in [0.5, 0.6) is 0 Å². The number of aliphatic hydroxyl groups excluding tert-OH is 1. The highest BCUT2D eigenvalue weighted by atomic mass is 16.5. The molecule has 3 nitrogen and oxygen atoms in total. The Kier molecular flexibility index (Phi) is 8.02. The quantitative estimate of drug-likeness (QED) is 0.620. The Hall–Kier alpha value is -0.120. The normalized spacial score (nSPS) is 17.4. The van der Waals surface area contributed by atoms with Crippen LogP contribution in [0.4, 0.5) is 0 Å². The van der Waals surface area contributed by atoms with Crippen molar-refractivity contribution in [3.63, 3.8) is 0 Å². The van der Waals surface area contributed by atoms with Crippen LogP contribution in [0.1, 0.15) is 46.5 Å². The van der Waals surface area contributed by atoms with Crippen molar-refractivity contribution >= 4 is 0 Å². The Morgan fingerprint density at radius 3 is 2.47 bits per heavy atom. The molecule has 0 heterocycles. The molecule has 15 heavy (non-hydrogen) atoms. The maximum atomic E-state index is 9.32. The molecule has 0 aromatic carbocycles. The highest BCUT2D eigenvalue weighted by Crippen LogP contribution is 2.12. The fraction of sp³-hybridized carbons (Fsp3) is 1.00. The summed E-state index contributed by atoms with van der Waals surface area (Å²) in [7, 11) is 1.73. The molecule has 2 N–H and O–H groups in total. The summed E-state index contributed by atoms with van der Waals surface area (Å²) in [4.78, 5) is 0. The van der Waals surface area contributed by atoms with Crippen molar-refractivity contribution in [2.45, 2.75) is 58.0 Å². The molecule has 0 fully saturated rings. The fourth-order valence-corrected chi connectivity index (χ4v) is 1.60. The van der Waals surface area contributed by atoms with Crippen molar-refractivity contribution in [3.8, 4) is 0 Å². The molecule has 0 aromatic heterocycles. The Labute approximate surface area is 94.2 Å². The van der Waals surface area contributed by atoms with E-state index in [0.29, 0.717) is 6.04 Å². The summed E-state index contributed by atoms with van der Waals surface area (Å²) in [5.41, 5.74) is -0.170. The number of unbranched alkanes of at least 4 members (excludes halogenated alkanes) is 1. The molecule has 92 valence electrons. The van der Waals surface area contributed by atoms with Crippen molar-refractivity contribution in [3.05, 3.63) is 0 Å². The summed E-state index contributed by atoms with van der Waals surface area (Å²) < 4.78 is 5.19. The van der Waals surface area contributed by atoms with Gasteiger partial charge in [0.05, 0.1) is 13.2 Å². The van der Waals surface area contributed by atoms with E-state index in [1.807, 2.05) is 0 Å². The molecule has 0 radical (unpaired) electrons. The molecular formula is C12H27NO2. The monoisotopic (exact) mass is 217 g/mol. The average Bonchev–Trinajstić information content (AvgIpc) is 2.26. The molecule has 0 rings (SSSR count). The predicted molar refractivity (Wildman–Crippen MR) is 64.1 cm³/mol. The van der Waals surface area contributed by atoms with E-state index in [4.69, 9.17) is 4.74 Å². The first-order chi connectivity index (χ1) is 7.11. The number of methoxy groups -OCH3 is 1. The lowest BCUT2D eigenvalue weighted by Gasteiger charge is -2.32. The molecule has 0 aliphatic carbocycles. The SMILES string of the molecule is CCCCC(COC)NC(C)(CC)CO. The van der Waals surface area contributed by atoms with Crippen LogP contribution in [-0.4, -0.2) is 37.0 Å². The van der Waals surface area contributed by atoms with Crippen molar-refractivity contribution in [2.24, 2.45) is 0 Å². The summed E-state index contributed by atoms with van der Waals surface area (Å²) in [5.74, 6) is 0.